The highest BCUT2D eigenvalue weighted by Crippen LogP contribution is 2.28. The number of para-hydroxylation sites is 1. The van der Waals surface area contributed by atoms with Gasteiger partial charge in [-0.1, -0.05) is 18.2 Å². The van der Waals surface area contributed by atoms with Crippen molar-refractivity contribution in [3.8, 4) is 0 Å². The minimum atomic E-state index is 0.406. The van der Waals surface area contributed by atoms with Gasteiger partial charge in [-0.05, 0) is 31.0 Å². The quantitative estimate of drug-likeness (QED) is 0.646. The zero-order valence-electron chi connectivity index (χ0n) is 14.7. The normalized spacial score (nSPS) is 15.3. The van der Waals surface area contributed by atoms with Gasteiger partial charge in [-0.15, -0.1) is 0 Å². The molecule has 0 saturated carbocycles. The predicted molar refractivity (Wildman–Crippen MR) is 98.4 cm³/mol. The Kier molecular flexibility index (Phi) is 5.03. The van der Waals surface area contributed by atoms with Gasteiger partial charge in [0, 0.05) is 45.1 Å². The van der Waals surface area contributed by atoms with Gasteiger partial charge in [-0.25, -0.2) is 0 Å². The fourth-order valence-corrected chi connectivity index (χ4v) is 3.15. The first-order valence-corrected chi connectivity index (χ1v) is 8.45. The van der Waals surface area contributed by atoms with E-state index >= 15 is 0 Å². The van der Waals surface area contributed by atoms with E-state index in [1.165, 1.54) is 11.3 Å². The number of guanidine groups is 1. The Morgan fingerprint density at radius 3 is 2.88 bits per heavy atom. The molecule has 0 amide bonds. The maximum absolute atomic E-state index is 4.31. The third kappa shape index (κ3) is 3.53. The van der Waals surface area contributed by atoms with E-state index in [9.17, 15) is 0 Å². The SMILES string of the molecule is CN=C(NCc1ccnn1C)NCC(C)N1CCc2ccccc21. The lowest BCUT2D eigenvalue weighted by Crippen LogP contribution is -2.45. The first-order chi connectivity index (χ1) is 11.7. The smallest absolute Gasteiger partial charge is 0.191 e. The molecule has 128 valence electrons. The number of rotatable bonds is 5. The van der Waals surface area contributed by atoms with Crippen LogP contribution in [0.1, 0.15) is 18.2 Å². The topological polar surface area (TPSA) is 57.5 Å². The second-order valence-electron chi connectivity index (χ2n) is 6.17. The van der Waals surface area contributed by atoms with Crippen molar-refractivity contribution in [1.29, 1.82) is 0 Å². The number of hydrogen-bond donors (Lipinski definition) is 2. The molecule has 1 unspecified atom stereocenters. The Hall–Kier alpha value is -2.50. The summed E-state index contributed by atoms with van der Waals surface area (Å²) >= 11 is 0. The van der Waals surface area contributed by atoms with Crippen LogP contribution in [-0.2, 0) is 20.0 Å². The molecule has 1 aliphatic rings. The van der Waals surface area contributed by atoms with Crippen molar-refractivity contribution in [2.24, 2.45) is 12.0 Å². The fourth-order valence-electron chi connectivity index (χ4n) is 3.15. The molecule has 0 fully saturated rings. The lowest BCUT2D eigenvalue weighted by molar-refractivity contribution is 0.621. The van der Waals surface area contributed by atoms with Crippen molar-refractivity contribution in [2.45, 2.75) is 25.9 Å². The van der Waals surface area contributed by atoms with Crippen molar-refractivity contribution in [2.75, 3.05) is 25.0 Å². The minimum Gasteiger partial charge on any atom is -0.366 e. The van der Waals surface area contributed by atoms with Crippen LogP contribution in [-0.4, -0.2) is 41.9 Å². The molecule has 6 nitrogen and oxygen atoms in total. The number of aryl methyl sites for hydroxylation is 1. The summed E-state index contributed by atoms with van der Waals surface area (Å²) in [6.07, 6.45) is 2.94. The molecule has 24 heavy (non-hydrogen) atoms. The van der Waals surface area contributed by atoms with Gasteiger partial charge >= 0.3 is 0 Å². The third-order valence-electron chi connectivity index (χ3n) is 4.60. The van der Waals surface area contributed by atoms with Crippen molar-refractivity contribution in [1.82, 2.24) is 20.4 Å². The summed E-state index contributed by atoms with van der Waals surface area (Å²) in [5, 5.41) is 10.9. The Bertz CT molecular complexity index is 705. The van der Waals surface area contributed by atoms with E-state index in [2.05, 4.69) is 56.8 Å². The van der Waals surface area contributed by atoms with Crippen LogP contribution in [0, 0.1) is 0 Å². The van der Waals surface area contributed by atoms with Gasteiger partial charge in [0.1, 0.15) is 0 Å². The number of aliphatic imine (C=N–C) groups is 1. The van der Waals surface area contributed by atoms with Crippen LogP contribution in [0.3, 0.4) is 0 Å². The summed E-state index contributed by atoms with van der Waals surface area (Å²) in [7, 11) is 3.74. The standard InChI is InChI=1S/C18H26N6/c1-14(24-11-9-15-6-4-5-7-17(15)24)12-20-18(19-2)21-13-16-8-10-22-23(16)3/h4-8,10,14H,9,11-13H2,1-3H3,(H2,19,20,21). The van der Waals surface area contributed by atoms with E-state index in [4.69, 9.17) is 0 Å². The minimum absolute atomic E-state index is 0.406. The van der Waals surface area contributed by atoms with Crippen LogP contribution in [0.4, 0.5) is 5.69 Å². The van der Waals surface area contributed by atoms with Crippen molar-refractivity contribution < 1.29 is 0 Å². The van der Waals surface area contributed by atoms with Gasteiger partial charge in [-0.3, -0.25) is 9.67 Å². The van der Waals surface area contributed by atoms with Crippen LogP contribution < -0.4 is 15.5 Å². The molecule has 2 heterocycles. The van der Waals surface area contributed by atoms with Gasteiger partial charge in [0.2, 0.25) is 0 Å². The number of aromatic nitrogens is 2. The largest absolute Gasteiger partial charge is 0.366 e. The van der Waals surface area contributed by atoms with E-state index in [1.807, 2.05) is 17.8 Å². The Morgan fingerprint density at radius 1 is 1.29 bits per heavy atom. The number of nitrogens with zero attached hydrogens (tertiary/aromatic N) is 4. The fraction of sp³-hybridized carbons (Fsp3) is 0.444. The summed E-state index contributed by atoms with van der Waals surface area (Å²) in [4.78, 5) is 6.78. The second kappa shape index (κ2) is 7.38. The van der Waals surface area contributed by atoms with Crippen molar-refractivity contribution in [3.63, 3.8) is 0 Å². The average molecular weight is 326 g/mol. The first-order valence-electron chi connectivity index (χ1n) is 8.45. The molecular weight excluding hydrogens is 300 g/mol. The Labute approximate surface area is 143 Å². The second-order valence-corrected chi connectivity index (χ2v) is 6.17. The number of fused-ring (bicyclic) bond motifs is 1. The predicted octanol–water partition coefficient (Wildman–Crippen LogP) is 1.54. The molecule has 1 aromatic carbocycles. The maximum Gasteiger partial charge on any atom is 0.191 e. The lowest BCUT2D eigenvalue weighted by atomic mass is 10.2. The average Bonchev–Trinajstić information content (AvgIpc) is 3.21. The van der Waals surface area contributed by atoms with Crippen LogP contribution in [0.15, 0.2) is 41.5 Å². The number of hydrogen-bond acceptors (Lipinski definition) is 3. The van der Waals surface area contributed by atoms with Crippen LogP contribution in [0.2, 0.25) is 0 Å². The van der Waals surface area contributed by atoms with E-state index in [1.54, 1.807) is 13.2 Å². The molecule has 0 saturated heterocycles. The summed E-state index contributed by atoms with van der Waals surface area (Å²) in [6.45, 7) is 4.89. The van der Waals surface area contributed by atoms with Gasteiger partial charge in [0.05, 0.1) is 12.2 Å². The molecule has 0 bridgehead atoms. The molecule has 2 aromatic rings. The molecular formula is C18H26N6. The van der Waals surface area contributed by atoms with E-state index in [0.29, 0.717) is 12.6 Å². The zero-order valence-corrected chi connectivity index (χ0v) is 14.7. The van der Waals surface area contributed by atoms with Crippen molar-refractivity contribution >= 4 is 11.6 Å². The van der Waals surface area contributed by atoms with Crippen molar-refractivity contribution in [3.05, 3.63) is 47.8 Å². The van der Waals surface area contributed by atoms with Gasteiger partial charge in [0.15, 0.2) is 5.96 Å². The van der Waals surface area contributed by atoms with Gasteiger partial charge in [-0.2, -0.15) is 5.10 Å². The Balaban J connectivity index is 1.52. The molecule has 2 N–H and O–H groups in total. The molecule has 3 rings (SSSR count). The van der Waals surface area contributed by atoms with Crippen LogP contribution >= 0.6 is 0 Å². The first kappa shape index (κ1) is 16.4. The van der Waals surface area contributed by atoms with Gasteiger partial charge < -0.3 is 15.5 Å². The van der Waals surface area contributed by atoms with Crippen LogP contribution in [0.5, 0.6) is 0 Å². The lowest BCUT2D eigenvalue weighted by Gasteiger charge is -2.28. The molecule has 0 radical (unpaired) electrons. The van der Waals surface area contributed by atoms with Crippen LogP contribution in [0.25, 0.3) is 0 Å². The van der Waals surface area contributed by atoms with E-state index < -0.39 is 0 Å². The third-order valence-corrected chi connectivity index (χ3v) is 4.60. The number of benzene rings is 1. The highest BCUT2D eigenvalue weighted by Gasteiger charge is 2.22. The molecule has 6 heteroatoms. The molecule has 1 atom stereocenters. The van der Waals surface area contributed by atoms with Gasteiger partial charge in [0.25, 0.3) is 0 Å². The number of anilines is 1. The van der Waals surface area contributed by atoms with E-state index in [-0.39, 0.29) is 0 Å². The monoisotopic (exact) mass is 326 g/mol. The summed E-state index contributed by atoms with van der Waals surface area (Å²) in [5.74, 6) is 0.815. The highest BCUT2D eigenvalue weighted by molar-refractivity contribution is 5.79. The molecule has 1 aliphatic heterocycles. The molecule has 0 aliphatic carbocycles. The molecule has 0 spiro atoms. The highest BCUT2D eigenvalue weighted by atomic mass is 15.3. The summed E-state index contributed by atoms with van der Waals surface area (Å²) in [5.41, 5.74) is 3.94. The molecule has 1 aromatic heterocycles. The summed E-state index contributed by atoms with van der Waals surface area (Å²) < 4.78 is 1.87. The number of nitrogens with one attached hydrogen (secondary N) is 2. The zero-order chi connectivity index (χ0) is 16.9. The maximum atomic E-state index is 4.31. The summed E-state index contributed by atoms with van der Waals surface area (Å²) in [6, 6.07) is 11.1. The van der Waals surface area contributed by atoms with E-state index in [0.717, 1.165) is 31.2 Å². The Morgan fingerprint density at radius 2 is 2.12 bits per heavy atom.